The fourth-order valence-electron chi connectivity index (χ4n) is 5.28. The van der Waals surface area contributed by atoms with Gasteiger partial charge in [-0.25, -0.2) is 0 Å². The van der Waals surface area contributed by atoms with Gasteiger partial charge in [-0.2, -0.15) is 0 Å². The third kappa shape index (κ3) is 1.49. The van der Waals surface area contributed by atoms with Crippen LogP contribution in [-0.4, -0.2) is 35.6 Å². The molecule has 4 aliphatic rings. The molecule has 2 bridgehead atoms. The molecule has 5 unspecified atom stereocenters. The maximum Gasteiger partial charge on any atom is 0.226 e. The average Bonchev–Trinajstić information content (AvgIpc) is 2.85. The zero-order chi connectivity index (χ0) is 12.3. The molecule has 0 aromatic heterocycles. The second kappa shape index (κ2) is 3.96. The predicted octanol–water partition coefficient (Wildman–Crippen LogP) is 1.51. The van der Waals surface area contributed by atoms with Crippen LogP contribution in [0.3, 0.4) is 0 Å². The molecule has 1 heterocycles. The summed E-state index contributed by atoms with van der Waals surface area (Å²) in [5.41, 5.74) is 0. The summed E-state index contributed by atoms with van der Waals surface area (Å²) in [6, 6.07) is 0. The van der Waals surface area contributed by atoms with Gasteiger partial charge in [0.1, 0.15) is 0 Å². The number of aliphatic hydroxyl groups is 1. The summed E-state index contributed by atoms with van der Waals surface area (Å²) in [7, 11) is 0. The highest BCUT2D eigenvalue weighted by atomic mass is 16.3. The molecule has 1 amide bonds. The Morgan fingerprint density at radius 2 is 1.89 bits per heavy atom. The van der Waals surface area contributed by atoms with Gasteiger partial charge in [0.2, 0.25) is 5.91 Å². The molecule has 0 aromatic rings. The third-order valence-corrected chi connectivity index (χ3v) is 6.11. The van der Waals surface area contributed by atoms with Gasteiger partial charge in [0.05, 0.1) is 0 Å². The number of hydrogen-bond donors (Lipinski definition) is 1. The minimum atomic E-state index is 0.243. The molecule has 4 fully saturated rings. The van der Waals surface area contributed by atoms with Crippen LogP contribution in [0.5, 0.6) is 0 Å². The molecule has 18 heavy (non-hydrogen) atoms. The summed E-state index contributed by atoms with van der Waals surface area (Å²) < 4.78 is 0. The molecule has 3 nitrogen and oxygen atoms in total. The molecule has 3 heteroatoms. The summed E-state index contributed by atoms with van der Waals surface area (Å²) in [5, 5.41) is 9.26. The van der Waals surface area contributed by atoms with Crippen molar-refractivity contribution in [2.45, 2.75) is 32.1 Å². The molecule has 4 rings (SSSR count). The van der Waals surface area contributed by atoms with Gasteiger partial charge in [0, 0.05) is 25.6 Å². The van der Waals surface area contributed by atoms with E-state index in [-0.39, 0.29) is 6.61 Å². The number of carbonyl (C=O) groups excluding carboxylic acids is 1. The molecule has 0 aromatic carbocycles. The molecular formula is C15H23NO2. The van der Waals surface area contributed by atoms with E-state index in [1.165, 1.54) is 19.3 Å². The number of fused-ring (bicyclic) bond motifs is 5. The van der Waals surface area contributed by atoms with Crippen LogP contribution in [0, 0.1) is 35.5 Å². The molecule has 3 aliphatic carbocycles. The highest BCUT2D eigenvalue weighted by molar-refractivity contribution is 5.83. The minimum Gasteiger partial charge on any atom is -0.396 e. The highest BCUT2D eigenvalue weighted by Gasteiger charge is 2.68. The van der Waals surface area contributed by atoms with Crippen molar-refractivity contribution in [3.63, 3.8) is 0 Å². The Hall–Kier alpha value is -0.570. The molecule has 1 aliphatic heterocycles. The zero-order valence-electron chi connectivity index (χ0n) is 10.9. The van der Waals surface area contributed by atoms with Gasteiger partial charge >= 0.3 is 0 Å². The van der Waals surface area contributed by atoms with Crippen molar-refractivity contribution >= 4 is 5.91 Å². The van der Waals surface area contributed by atoms with Crippen molar-refractivity contribution in [1.29, 1.82) is 0 Å². The average molecular weight is 249 g/mol. The fourth-order valence-corrected chi connectivity index (χ4v) is 5.28. The lowest BCUT2D eigenvalue weighted by Crippen LogP contribution is -2.42. The summed E-state index contributed by atoms with van der Waals surface area (Å²) in [5.74, 6) is 4.42. The lowest BCUT2D eigenvalue weighted by molar-refractivity contribution is -0.135. The Kier molecular flexibility index (Phi) is 2.48. The number of aliphatic hydroxyl groups excluding tert-OH is 1. The monoisotopic (exact) mass is 249 g/mol. The van der Waals surface area contributed by atoms with Crippen LogP contribution in [-0.2, 0) is 4.79 Å². The van der Waals surface area contributed by atoms with Crippen LogP contribution in [0.25, 0.3) is 0 Å². The third-order valence-electron chi connectivity index (χ3n) is 6.11. The molecule has 0 spiro atoms. The van der Waals surface area contributed by atoms with Gasteiger partial charge in [-0.1, -0.05) is 0 Å². The van der Waals surface area contributed by atoms with Crippen molar-refractivity contribution in [3.8, 4) is 0 Å². The first-order valence-electron chi connectivity index (χ1n) is 7.69. The van der Waals surface area contributed by atoms with E-state index in [0.29, 0.717) is 17.7 Å². The normalized spacial score (nSPS) is 49.3. The summed E-state index contributed by atoms with van der Waals surface area (Å²) in [6.07, 6.45) is 6.34. The van der Waals surface area contributed by atoms with E-state index in [9.17, 15) is 9.90 Å². The van der Waals surface area contributed by atoms with Crippen molar-refractivity contribution in [2.75, 3.05) is 19.7 Å². The van der Waals surface area contributed by atoms with E-state index in [4.69, 9.17) is 0 Å². The molecule has 3 saturated carbocycles. The number of piperidine rings is 1. The Morgan fingerprint density at radius 1 is 1.17 bits per heavy atom. The summed E-state index contributed by atoms with van der Waals surface area (Å²) in [6.45, 7) is 1.98. The Labute approximate surface area is 109 Å². The van der Waals surface area contributed by atoms with Gasteiger partial charge in [-0.05, 0) is 61.7 Å². The van der Waals surface area contributed by atoms with Crippen LogP contribution in [0.15, 0.2) is 0 Å². The van der Waals surface area contributed by atoms with Crippen LogP contribution in [0.2, 0.25) is 0 Å². The molecule has 1 saturated heterocycles. The van der Waals surface area contributed by atoms with Gasteiger partial charge in [-0.15, -0.1) is 0 Å². The largest absolute Gasteiger partial charge is 0.396 e. The Bertz CT molecular complexity index is 354. The first-order chi connectivity index (χ1) is 8.79. The topological polar surface area (TPSA) is 40.5 Å². The lowest BCUT2D eigenvalue weighted by Gasteiger charge is -2.32. The number of nitrogens with zero attached hydrogens (tertiary/aromatic N) is 1. The SMILES string of the molecule is O=C(C1C2C3CCC(C3)C12)N1CCCC(CO)C1. The highest BCUT2D eigenvalue weighted by Crippen LogP contribution is 2.69. The van der Waals surface area contributed by atoms with Crippen molar-refractivity contribution < 1.29 is 9.90 Å². The van der Waals surface area contributed by atoms with E-state index in [1.807, 2.05) is 0 Å². The van der Waals surface area contributed by atoms with Crippen molar-refractivity contribution in [3.05, 3.63) is 0 Å². The van der Waals surface area contributed by atoms with Crippen molar-refractivity contribution in [2.24, 2.45) is 35.5 Å². The Morgan fingerprint density at radius 3 is 2.56 bits per heavy atom. The predicted molar refractivity (Wildman–Crippen MR) is 67.7 cm³/mol. The zero-order valence-corrected chi connectivity index (χ0v) is 10.9. The van der Waals surface area contributed by atoms with Crippen LogP contribution in [0.4, 0.5) is 0 Å². The van der Waals surface area contributed by atoms with Crippen LogP contribution >= 0.6 is 0 Å². The minimum absolute atomic E-state index is 0.243. The maximum absolute atomic E-state index is 12.6. The molecule has 0 radical (unpaired) electrons. The number of amides is 1. The second-order valence-electron chi connectivity index (χ2n) is 6.99. The van der Waals surface area contributed by atoms with E-state index in [1.54, 1.807) is 0 Å². The van der Waals surface area contributed by atoms with Crippen molar-refractivity contribution in [1.82, 2.24) is 4.90 Å². The molecule has 5 atom stereocenters. The first-order valence-corrected chi connectivity index (χ1v) is 7.69. The number of rotatable bonds is 2. The van der Waals surface area contributed by atoms with Gasteiger partial charge < -0.3 is 10.0 Å². The molecule has 100 valence electrons. The van der Waals surface area contributed by atoms with E-state index >= 15 is 0 Å². The standard InChI is InChI=1S/C15H23NO2/c17-8-9-2-1-5-16(7-9)15(18)14-12-10-3-4-11(6-10)13(12)14/h9-14,17H,1-8H2. The Balaban J connectivity index is 1.42. The van der Waals surface area contributed by atoms with E-state index < -0.39 is 0 Å². The van der Waals surface area contributed by atoms with Crippen LogP contribution in [0.1, 0.15) is 32.1 Å². The number of carbonyl (C=O) groups is 1. The first kappa shape index (κ1) is 11.3. The molecular weight excluding hydrogens is 226 g/mol. The lowest BCUT2D eigenvalue weighted by atomic mass is 9.97. The second-order valence-corrected chi connectivity index (χ2v) is 6.99. The number of hydrogen-bond acceptors (Lipinski definition) is 2. The van der Waals surface area contributed by atoms with E-state index in [0.717, 1.165) is 49.6 Å². The summed E-state index contributed by atoms with van der Waals surface area (Å²) in [4.78, 5) is 14.7. The summed E-state index contributed by atoms with van der Waals surface area (Å²) >= 11 is 0. The van der Waals surface area contributed by atoms with Gasteiger partial charge in [0.15, 0.2) is 0 Å². The smallest absolute Gasteiger partial charge is 0.226 e. The van der Waals surface area contributed by atoms with Crippen LogP contribution < -0.4 is 0 Å². The maximum atomic E-state index is 12.6. The number of likely N-dealkylation sites (tertiary alicyclic amines) is 1. The molecule has 1 N–H and O–H groups in total. The van der Waals surface area contributed by atoms with Gasteiger partial charge in [-0.3, -0.25) is 4.79 Å². The fraction of sp³-hybridized carbons (Fsp3) is 0.933. The van der Waals surface area contributed by atoms with Gasteiger partial charge in [0.25, 0.3) is 0 Å². The van der Waals surface area contributed by atoms with E-state index in [2.05, 4.69) is 4.90 Å². The quantitative estimate of drug-likeness (QED) is 0.806.